The molecule has 194 valence electrons. The SMILES string of the molecule is CCn1nc(C(=O)NCC2(O)CCC(S(C)(=O)=O)CC2)c(Cl)c1-c1ccc(CC(C)C)cc1OC. The van der Waals surface area contributed by atoms with Crippen molar-refractivity contribution in [3.63, 3.8) is 0 Å². The molecule has 1 aromatic heterocycles. The number of halogens is 1. The first kappa shape index (κ1) is 27.5. The Bertz CT molecular complexity index is 1170. The summed E-state index contributed by atoms with van der Waals surface area (Å²) in [6.45, 7) is 6.72. The summed E-state index contributed by atoms with van der Waals surface area (Å²) in [5.74, 6) is 0.669. The quantitative estimate of drug-likeness (QED) is 0.514. The molecular weight excluding hydrogens is 490 g/mol. The molecule has 1 aromatic carbocycles. The van der Waals surface area contributed by atoms with Crippen molar-refractivity contribution in [2.24, 2.45) is 5.92 Å². The molecule has 1 amide bonds. The Morgan fingerprint density at radius 1 is 1.34 bits per heavy atom. The number of carbonyl (C=O) groups is 1. The Morgan fingerprint density at radius 2 is 2.00 bits per heavy atom. The molecular formula is C25H36ClN3O5S. The third-order valence-corrected chi connectivity index (χ3v) is 8.66. The van der Waals surface area contributed by atoms with E-state index >= 15 is 0 Å². The van der Waals surface area contributed by atoms with Gasteiger partial charge in [-0.05, 0) is 62.6 Å². The van der Waals surface area contributed by atoms with E-state index in [0.29, 0.717) is 49.6 Å². The van der Waals surface area contributed by atoms with Gasteiger partial charge in [0.15, 0.2) is 5.69 Å². The highest BCUT2D eigenvalue weighted by Crippen LogP contribution is 2.38. The monoisotopic (exact) mass is 525 g/mol. The predicted molar refractivity (Wildman–Crippen MR) is 138 cm³/mol. The van der Waals surface area contributed by atoms with Crippen molar-refractivity contribution in [2.75, 3.05) is 19.9 Å². The highest BCUT2D eigenvalue weighted by atomic mass is 35.5. The number of nitrogens with zero attached hydrogens (tertiary/aromatic N) is 2. The molecule has 1 aliphatic carbocycles. The summed E-state index contributed by atoms with van der Waals surface area (Å²) in [6.07, 6.45) is 3.47. The summed E-state index contributed by atoms with van der Waals surface area (Å²) in [7, 11) is -1.54. The maximum absolute atomic E-state index is 13.0. The maximum atomic E-state index is 13.0. The van der Waals surface area contributed by atoms with Crippen molar-refractivity contribution in [2.45, 2.75) is 70.3 Å². The summed E-state index contributed by atoms with van der Waals surface area (Å²) < 4.78 is 30.9. The zero-order chi connectivity index (χ0) is 26.0. The summed E-state index contributed by atoms with van der Waals surface area (Å²) >= 11 is 6.69. The standard InChI is InChI=1S/C25H36ClN3O5S/c1-6-29-23(19-8-7-17(13-16(2)3)14-20(19)34-4)21(26)22(28-29)24(30)27-15-25(31)11-9-18(10-12-25)35(5,32)33/h7-8,14,16,18,31H,6,9-13,15H2,1-5H3,(H,27,30). The van der Waals surface area contributed by atoms with Gasteiger partial charge in [-0.3, -0.25) is 9.48 Å². The number of hydrogen-bond donors (Lipinski definition) is 2. The first-order valence-corrected chi connectivity index (χ1v) is 14.3. The molecule has 0 atom stereocenters. The Balaban J connectivity index is 1.80. The summed E-state index contributed by atoms with van der Waals surface area (Å²) in [5.41, 5.74) is 1.41. The number of methoxy groups -OCH3 is 1. The fourth-order valence-electron chi connectivity index (χ4n) is 4.66. The molecule has 2 N–H and O–H groups in total. The van der Waals surface area contributed by atoms with Crippen LogP contribution in [0.5, 0.6) is 5.75 Å². The third-order valence-electron chi connectivity index (χ3n) is 6.62. The molecule has 0 aliphatic heterocycles. The lowest BCUT2D eigenvalue weighted by molar-refractivity contribution is 0.00606. The number of benzene rings is 1. The molecule has 1 heterocycles. The average molecular weight is 526 g/mol. The van der Waals surface area contributed by atoms with Gasteiger partial charge in [0.1, 0.15) is 15.6 Å². The number of aliphatic hydroxyl groups is 1. The van der Waals surface area contributed by atoms with Crippen molar-refractivity contribution < 1.29 is 23.1 Å². The number of ether oxygens (including phenoxy) is 1. The second-order valence-corrected chi connectivity index (χ2v) is 12.6. The molecule has 35 heavy (non-hydrogen) atoms. The fourth-order valence-corrected chi connectivity index (χ4v) is 6.08. The van der Waals surface area contributed by atoms with Crippen LogP contribution < -0.4 is 10.1 Å². The summed E-state index contributed by atoms with van der Waals surface area (Å²) in [5, 5.41) is 17.8. The van der Waals surface area contributed by atoms with Gasteiger partial charge in [-0.15, -0.1) is 0 Å². The van der Waals surface area contributed by atoms with Crippen LogP contribution in [-0.2, 0) is 22.8 Å². The van der Waals surface area contributed by atoms with Crippen LogP contribution in [-0.4, -0.2) is 60.0 Å². The van der Waals surface area contributed by atoms with E-state index in [0.717, 1.165) is 17.5 Å². The third kappa shape index (κ3) is 6.37. The van der Waals surface area contributed by atoms with E-state index in [4.69, 9.17) is 16.3 Å². The molecule has 0 radical (unpaired) electrons. The number of aromatic nitrogens is 2. The van der Waals surface area contributed by atoms with Crippen LogP contribution in [0, 0.1) is 5.92 Å². The Morgan fingerprint density at radius 3 is 2.54 bits per heavy atom. The second kappa shape index (κ2) is 10.9. The van der Waals surface area contributed by atoms with Crippen LogP contribution in [0.25, 0.3) is 11.3 Å². The van der Waals surface area contributed by atoms with Crippen molar-refractivity contribution in [3.05, 3.63) is 34.5 Å². The lowest BCUT2D eigenvalue weighted by Gasteiger charge is -2.35. The molecule has 0 bridgehead atoms. The largest absolute Gasteiger partial charge is 0.496 e. The number of sulfone groups is 1. The van der Waals surface area contributed by atoms with Crippen molar-refractivity contribution >= 4 is 27.3 Å². The highest BCUT2D eigenvalue weighted by molar-refractivity contribution is 7.91. The Kier molecular flexibility index (Phi) is 8.55. The van der Waals surface area contributed by atoms with E-state index in [2.05, 4.69) is 24.3 Å². The minimum atomic E-state index is -3.14. The smallest absolute Gasteiger partial charge is 0.273 e. The molecule has 0 spiro atoms. The van der Waals surface area contributed by atoms with Gasteiger partial charge in [0.05, 0.1) is 28.7 Å². The average Bonchev–Trinajstić information content (AvgIpc) is 3.13. The highest BCUT2D eigenvalue weighted by Gasteiger charge is 2.37. The van der Waals surface area contributed by atoms with Crippen LogP contribution in [0.15, 0.2) is 18.2 Å². The molecule has 0 saturated heterocycles. The Labute approximate surface area is 212 Å². The van der Waals surface area contributed by atoms with Gasteiger partial charge in [0, 0.05) is 24.9 Å². The van der Waals surface area contributed by atoms with Gasteiger partial charge in [0.25, 0.3) is 5.91 Å². The first-order chi connectivity index (χ1) is 16.4. The second-order valence-electron chi connectivity index (χ2n) is 9.90. The minimum Gasteiger partial charge on any atom is -0.496 e. The lowest BCUT2D eigenvalue weighted by atomic mass is 9.84. The van der Waals surface area contributed by atoms with Gasteiger partial charge < -0.3 is 15.2 Å². The number of rotatable bonds is 9. The van der Waals surface area contributed by atoms with Gasteiger partial charge in [-0.2, -0.15) is 5.10 Å². The lowest BCUT2D eigenvalue weighted by Crippen LogP contribution is -2.47. The van der Waals surface area contributed by atoms with Crippen LogP contribution in [0.4, 0.5) is 0 Å². The van der Waals surface area contributed by atoms with Crippen molar-refractivity contribution in [3.8, 4) is 17.0 Å². The molecule has 1 fully saturated rings. The molecule has 1 saturated carbocycles. The normalized spacial score (nSPS) is 20.7. The van der Waals surface area contributed by atoms with Gasteiger partial charge in [-0.25, -0.2) is 8.42 Å². The Hall–Kier alpha value is -2.10. The summed E-state index contributed by atoms with van der Waals surface area (Å²) in [4.78, 5) is 13.0. The van der Waals surface area contributed by atoms with Crippen LogP contribution in [0.3, 0.4) is 0 Å². The van der Waals surface area contributed by atoms with Crippen LogP contribution >= 0.6 is 11.6 Å². The number of carbonyl (C=O) groups excluding carboxylic acids is 1. The minimum absolute atomic E-state index is 0.000181. The number of hydrogen-bond acceptors (Lipinski definition) is 6. The molecule has 3 rings (SSSR count). The first-order valence-electron chi connectivity index (χ1n) is 12.0. The van der Waals surface area contributed by atoms with E-state index in [1.165, 1.54) is 6.26 Å². The number of nitrogens with one attached hydrogen (secondary N) is 1. The molecule has 8 nitrogen and oxygen atoms in total. The number of amides is 1. The topological polar surface area (TPSA) is 111 Å². The molecule has 0 unspecified atom stereocenters. The van der Waals surface area contributed by atoms with E-state index in [9.17, 15) is 18.3 Å². The van der Waals surface area contributed by atoms with Crippen LogP contribution in [0.1, 0.15) is 62.5 Å². The van der Waals surface area contributed by atoms with Gasteiger partial charge in [-0.1, -0.05) is 31.5 Å². The van der Waals surface area contributed by atoms with Gasteiger partial charge in [0.2, 0.25) is 0 Å². The molecule has 2 aromatic rings. The van der Waals surface area contributed by atoms with Gasteiger partial charge >= 0.3 is 0 Å². The van der Waals surface area contributed by atoms with E-state index < -0.39 is 26.6 Å². The molecule has 1 aliphatic rings. The van der Waals surface area contributed by atoms with E-state index in [1.807, 2.05) is 25.1 Å². The van der Waals surface area contributed by atoms with Crippen molar-refractivity contribution in [1.29, 1.82) is 0 Å². The fraction of sp³-hybridized carbons (Fsp3) is 0.600. The van der Waals surface area contributed by atoms with E-state index in [1.54, 1.807) is 11.8 Å². The number of aryl methyl sites for hydroxylation is 1. The molecule has 10 heteroatoms. The zero-order valence-electron chi connectivity index (χ0n) is 21.1. The van der Waals surface area contributed by atoms with Crippen molar-refractivity contribution in [1.82, 2.24) is 15.1 Å². The maximum Gasteiger partial charge on any atom is 0.273 e. The predicted octanol–water partition coefficient (Wildman–Crippen LogP) is 3.88. The van der Waals surface area contributed by atoms with Crippen LogP contribution in [0.2, 0.25) is 5.02 Å². The zero-order valence-corrected chi connectivity index (χ0v) is 22.7. The summed E-state index contributed by atoms with van der Waals surface area (Å²) in [6, 6.07) is 5.96. The van der Waals surface area contributed by atoms with E-state index in [-0.39, 0.29) is 17.3 Å².